The maximum Gasteiger partial charge on any atom is 0.410 e. The molecule has 1 aromatic carbocycles. The second-order valence-electron chi connectivity index (χ2n) is 8.40. The molecule has 0 saturated heterocycles. The highest BCUT2D eigenvalue weighted by atomic mass is 16.6. The largest absolute Gasteiger partial charge is 0.444 e. The Bertz CT molecular complexity index is 590. The topological polar surface area (TPSA) is 41.6 Å². The van der Waals surface area contributed by atoms with Gasteiger partial charge in [-0.3, -0.25) is 0 Å². The smallest absolute Gasteiger partial charge is 0.410 e. The first kappa shape index (κ1) is 19.8. The van der Waals surface area contributed by atoms with Crippen LogP contribution in [0.4, 0.5) is 4.79 Å². The van der Waals surface area contributed by atoms with E-state index in [9.17, 15) is 4.79 Å². The Morgan fingerprint density at radius 3 is 2.64 bits per heavy atom. The molecule has 1 amide bonds. The van der Waals surface area contributed by atoms with Crippen molar-refractivity contribution < 1.29 is 9.53 Å². The van der Waals surface area contributed by atoms with E-state index in [0.717, 1.165) is 25.9 Å². The Kier molecular flexibility index (Phi) is 6.50. The van der Waals surface area contributed by atoms with Crippen molar-refractivity contribution in [3.05, 3.63) is 34.9 Å². The van der Waals surface area contributed by atoms with E-state index in [1.54, 1.807) is 0 Å². The van der Waals surface area contributed by atoms with Crippen LogP contribution >= 0.6 is 0 Å². The molecular weight excluding hydrogens is 312 g/mol. The van der Waals surface area contributed by atoms with Crippen molar-refractivity contribution in [3.63, 3.8) is 0 Å². The molecule has 0 spiro atoms. The van der Waals surface area contributed by atoms with Gasteiger partial charge in [-0.2, -0.15) is 0 Å². The van der Waals surface area contributed by atoms with Crippen LogP contribution in [0.25, 0.3) is 0 Å². The quantitative estimate of drug-likeness (QED) is 0.842. The summed E-state index contributed by atoms with van der Waals surface area (Å²) < 4.78 is 5.53. The maximum atomic E-state index is 12.4. The Morgan fingerprint density at radius 1 is 1.32 bits per heavy atom. The molecule has 1 atom stereocenters. The van der Waals surface area contributed by atoms with Gasteiger partial charge in [0.15, 0.2) is 0 Å². The van der Waals surface area contributed by atoms with Gasteiger partial charge in [0.05, 0.1) is 0 Å². The molecule has 25 heavy (non-hydrogen) atoms. The van der Waals surface area contributed by atoms with Gasteiger partial charge >= 0.3 is 6.09 Å². The minimum atomic E-state index is -0.451. The van der Waals surface area contributed by atoms with Crippen molar-refractivity contribution in [2.45, 2.75) is 72.6 Å². The summed E-state index contributed by atoms with van der Waals surface area (Å²) in [4.78, 5) is 14.2. The molecule has 1 aliphatic rings. The molecule has 1 heterocycles. The van der Waals surface area contributed by atoms with E-state index in [1.807, 2.05) is 25.7 Å². The second kappa shape index (κ2) is 8.22. The first-order valence-corrected chi connectivity index (χ1v) is 9.53. The first-order valence-electron chi connectivity index (χ1n) is 9.53. The number of amides is 1. The highest BCUT2D eigenvalue weighted by Crippen LogP contribution is 2.29. The zero-order chi connectivity index (χ0) is 18.6. The lowest BCUT2D eigenvalue weighted by Crippen LogP contribution is -2.40. The number of nitrogens with one attached hydrogen (secondary N) is 1. The third-order valence-corrected chi connectivity index (χ3v) is 4.51. The molecule has 140 valence electrons. The Hall–Kier alpha value is -1.55. The van der Waals surface area contributed by atoms with Crippen molar-refractivity contribution in [1.82, 2.24) is 10.2 Å². The van der Waals surface area contributed by atoms with Gasteiger partial charge in [0.1, 0.15) is 5.60 Å². The summed E-state index contributed by atoms with van der Waals surface area (Å²) in [6, 6.07) is 6.88. The molecule has 0 aliphatic carbocycles. The maximum absolute atomic E-state index is 12.4. The van der Waals surface area contributed by atoms with Crippen LogP contribution in [0.3, 0.4) is 0 Å². The average molecular weight is 347 g/mol. The second-order valence-corrected chi connectivity index (χ2v) is 8.40. The summed E-state index contributed by atoms with van der Waals surface area (Å²) in [6.07, 6.45) is 1.75. The predicted molar refractivity (Wildman–Crippen MR) is 103 cm³/mol. The van der Waals surface area contributed by atoms with Gasteiger partial charge in [-0.05, 0) is 62.8 Å². The van der Waals surface area contributed by atoms with Crippen LogP contribution < -0.4 is 5.32 Å². The van der Waals surface area contributed by atoms with Crippen LogP contribution in [0, 0.1) is 5.92 Å². The van der Waals surface area contributed by atoms with Crippen molar-refractivity contribution in [3.8, 4) is 0 Å². The van der Waals surface area contributed by atoms with Gasteiger partial charge in [-0.1, -0.05) is 39.0 Å². The Labute approximate surface area is 152 Å². The fraction of sp³-hybridized carbons (Fsp3) is 0.667. The van der Waals surface area contributed by atoms with Crippen molar-refractivity contribution in [1.29, 1.82) is 0 Å². The van der Waals surface area contributed by atoms with E-state index < -0.39 is 5.60 Å². The van der Waals surface area contributed by atoms with Gasteiger partial charge in [-0.15, -0.1) is 0 Å². The fourth-order valence-electron chi connectivity index (χ4n) is 3.30. The van der Waals surface area contributed by atoms with E-state index >= 15 is 0 Å². The van der Waals surface area contributed by atoms with E-state index in [-0.39, 0.29) is 6.09 Å². The summed E-state index contributed by atoms with van der Waals surface area (Å²) >= 11 is 0. The number of hydrogen-bond donors (Lipinski definition) is 1. The molecule has 1 aromatic rings. The van der Waals surface area contributed by atoms with Gasteiger partial charge in [0.25, 0.3) is 0 Å². The number of ether oxygens (including phenoxy) is 1. The normalized spacial score (nSPS) is 15.9. The number of rotatable bonds is 5. The average Bonchev–Trinajstić information content (AvgIpc) is 2.53. The van der Waals surface area contributed by atoms with Gasteiger partial charge in [-0.25, -0.2) is 4.79 Å². The highest BCUT2D eigenvalue weighted by molar-refractivity contribution is 5.68. The fourth-order valence-corrected chi connectivity index (χ4v) is 3.30. The molecular formula is C21H34N2O2. The molecule has 0 aromatic heterocycles. The summed E-state index contributed by atoms with van der Waals surface area (Å²) in [7, 11) is 0. The predicted octanol–water partition coefficient (Wildman–Crippen LogP) is 4.68. The molecule has 0 radical (unpaired) electrons. The number of fused-ring (bicyclic) bond motifs is 1. The number of benzene rings is 1. The molecule has 2 rings (SSSR count). The number of nitrogens with zero attached hydrogens (tertiary/aromatic N) is 1. The molecule has 0 bridgehead atoms. The Balaban J connectivity index is 2.15. The van der Waals surface area contributed by atoms with Crippen LogP contribution in [0.1, 0.15) is 70.7 Å². The molecule has 1 aliphatic heterocycles. The third-order valence-electron chi connectivity index (χ3n) is 4.51. The Morgan fingerprint density at radius 2 is 2.04 bits per heavy atom. The third kappa shape index (κ3) is 5.46. The minimum absolute atomic E-state index is 0.214. The van der Waals surface area contributed by atoms with Crippen LogP contribution in [-0.4, -0.2) is 29.7 Å². The SMILES string of the molecule is CCC(NCC(C)C)c1cccc2c1CCN(C(=O)OC(C)(C)C)C2. The monoisotopic (exact) mass is 346 g/mol. The van der Waals surface area contributed by atoms with Crippen LogP contribution in [-0.2, 0) is 17.7 Å². The van der Waals surface area contributed by atoms with Gasteiger partial charge in [0, 0.05) is 19.1 Å². The standard InChI is InChI=1S/C21H34N2O2/c1-7-19(22-13-15(2)3)18-10-8-9-16-14-23(12-11-17(16)18)20(24)25-21(4,5)6/h8-10,15,19,22H,7,11-14H2,1-6H3. The molecule has 4 heteroatoms. The molecule has 1 unspecified atom stereocenters. The summed E-state index contributed by atoms with van der Waals surface area (Å²) in [5.41, 5.74) is 3.60. The van der Waals surface area contributed by atoms with E-state index in [2.05, 4.69) is 44.3 Å². The first-order chi connectivity index (χ1) is 11.7. The van der Waals surface area contributed by atoms with E-state index in [4.69, 9.17) is 4.74 Å². The summed E-state index contributed by atoms with van der Waals surface area (Å²) in [6.45, 7) is 14.8. The van der Waals surface area contributed by atoms with Crippen LogP contribution in [0.15, 0.2) is 18.2 Å². The van der Waals surface area contributed by atoms with Gasteiger partial charge < -0.3 is 15.0 Å². The number of hydrogen-bond acceptors (Lipinski definition) is 3. The minimum Gasteiger partial charge on any atom is -0.444 e. The summed E-state index contributed by atoms with van der Waals surface area (Å²) in [5, 5.41) is 3.70. The molecule has 1 N–H and O–H groups in total. The molecule has 0 fully saturated rings. The lowest BCUT2D eigenvalue weighted by Gasteiger charge is -2.33. The molecule has 0 saturated carbocycles. The summed E-state index contributed by atoms with van der Waals surface area (Å²) in [5.74, 6) is 0.635. The highest BCUT2D eigenvalue weighted by Gasteiger charge is 2.27. The van der Waals surface area contributed by atoms with Crippen molar-refractivity contribution >= 4 is 6.09 Å². The molecule has 4 nitrogen and oxygen atoms in total. The van der Waals surface area contributed by atoms with Crippen molar-refractivity contribution in [2.75, 3.05) is 13.1 Å². The van der Waals surface area contributed by atoms with E-state index in [1.165, 1.54) is 16.7 Å². The van der Waals surface area contributed by atoms with Crippen LogP contribution in [0.2, 0.25) is 0 Å². The zero-order valence-electron chi connectivity index (χ0n) is 16.7. The van der Waals surface area contributed by atoms with Crippen molar-refractivity contribution in [2.24, 2.45) is 5.92 Å². The van der Waals surface area contributed by atoms with E-state index in [0.29, 0.717) is 18.5 Å². The lowest BCUT2D eigenvalue weighted by atomic mass is 9.90. The number of carbonyl (C=O) groups is 1. The lowest BCUT2D eigenvalue weighted by molar-refractivity contribution is 0.0223. The zero-order valence-corrected chi connectivity index (χ0v) is 16.7. The van der Waals surface area contributed by atoms with Gasteiger partial charge in [0.2, 0.25) is 0 Å². The number of carbonyl (C=O) groups excluding carboxylic acids is 1. The van der Waals surface area contributed by atoms with Crippen LogP contribution in [0.5, 0.6) is 0 Å².